The first-order chi connectivity index (χ1) is 7.00. The van der Waals surface area contributed by atoms with Crippen LogP contribution in [0.5, 0.6) is 0 Å². The van der Waals surface area contributed by atoms with Crippen LogP contribution in [-0.2, 0) is 0 Å². The zero-order chi connectivity index (χ0) is 11.4. The smallest absolute Gasteiger partial charge is 0.270 e. The van der Waals surface area contributed by atoms with E-state index in [4.69, 9.17) is 5.73 Å². The summed E-state index contributed by atoms with van der Waals surface area (Å²) < 4.78 is 0. The van der Waals surface area contributed by atoms with Gasteiger partial charge in [0.25, 0.3) is 5.91 Å². The van der Waals surface area contributed by atoms with E-state index in [1.165, 1.54) is 6.20 Å². The van der Waals surface area contributed by atoms with Gasteiger partial charge >= 0.3 is 0 Å². The fraction of sp³-hybridized carbons (Fsp3) is 0.455. The Labute approximate surface area is 102 Å². The predicted molar refractivity (Wildman–Crippen MR) is 67.7 cm³/mol. The molecular weight excluding hydrogens is 226 g/mol. The molecule has 3 N–H and O–H groups in total. The zero-order valence-electron chi connectivity index (χ0n) is 9.73. The number of amides is 1. The lowest BCUT2D eigenvalue weighted by molar-refractivity contribution is 0.0925. The number of nitrogens with one attached hydrogen (secondary N) is 1. The second-order valence-corrected chi connectivity index (χ2v) is 3.98. The molecule has 1 heterocycles. The average Bonchev–Trinajstić information content (AvgIpc) is 2.18. The lowest BCUT2D eigenvalue weighted by Gasteiger charge is -2.16. The number of hydrogen-bond acceptors (Lipinski definition) is 3. The Balaban J connectivity index is 0.00000225. The van der Waals surface area contributed by atoms with Gasteiger partial charge in [-0.25, -0.2) is 4.98 Å². The number of carbonyl (C=O) groups is 1. The van der Waals surface area contributed by atoms with E-state index in [1.54, 1.807) is 12.1 Å². The fourth-order valence-electron chi connectivity index (χ4n) is 0.987. The van der Waals surface area contributed by atoms with Crippen molar-refractivity contribution in [2.24, 2.45) is 5.92 Å². The highest BCUT2D eigenvalue weighted by Gasteiger charge is 2.12. The van der Waals surface area contributed by atoms with Gasteiger partial charge in [0.05, 0.1) is 11.9 Å². The molecule has 0 aliphatic carbocycles. The second-order valence-electron chi connectivity index (χ2n) is 3.98. The van der Waals surface area contributed by atoms with E-state index in [2.05, 4.69) is 24.1 Å². The van der Waals surface area contributed by atoms with Crippen LogP contribution in [-0.4, -0.2) is 16.9 Å². The lowest BCUT2D eigenvalue weighted by Crippen LogP contribution is -2.36. The molecule has 90 valence electrons. The topological polar surface area (TPSA) is 68.0 Å². The molecule has 0 aliphatic heterocycles. The van der Waals surface area contributed by atoms with E-state index in [-0.39, 0.29) is 24.4 Å². The Hall–Kier alpha value is -1.29. The van der Waals surface area contributed by atoms with Crippen LogP contribution in [0.25, 0.3) is 0 Å². The van der Waals surface area contributed by atoms with Crippen LogP contribution in [0.4, 0.5) is 5.69 Å². The molecule has 0 aromatic carbocycles. The van der Waals surface area contributed by atoms with Crippen LogP contribution in [0.15, 0.2) is 18.3 Å². The summed E-state index contributed by atoms with van der Waals surface area (Å²) in [7, 11) is 0. The third-order valence-electron chi connectivity index (χ3n) is 2.38. The number of rotatable bonds is 3. The molecule has 0 spiro atoms. The highest BCUT2D eigenvalue weighted by molar-refractivity contribution is 5.92. The molecule has 0 aliphatic rings. The van der Waals surface area contributed by atoms with Gasteiger partial charge in [0.15, 0.2) is 0 Å². The summed E-state index contributed by atoms with van der Waals surface area (Å²) >= 11 is 0. The number of hydrogen-bond donors (Lipinski definition) is 2. The van der Waals surface area contributed by atoms with Crippen molar-refractivity contribution in [3.8, 4) is 0 Å². The number of anilines is 1. The molecule has 0 saturated carbocycles. The Kier molecular flexibility index (Phi) is 5.82. The van der Waals surface area contributed by atoms with Gasteiger partial charge in [0.2, 0.25) is 0 Å². The molecule has 0 fully saturated rings. The number of pyridine rings is 1. The Bertz CT molecular complexity index is 338. The molecule has 1 aromatic rings. The molecule has 1 amide bonds. The van der Waals surface area contributed by atoms with Crippen LogP contribution in [0, 0.1) is 5.92 Å². The average molecular weight is 244 g/mol. The molecule has 1 rings (SSSR count). The van der Waals surface area contributed by atoms with E-state index >= 15 is 0 Å². The summed E-state index contributed by atoms with van der Waals surface area (Å²) in [5.41, 5.74) is 6.44. The second kappa shape index (κ2) is 6.33. The molecule has 1 atom stereocenters. The fourth-order valence-corrected chi connectivity index (χ4v) is 0.987. The molecule has 1 unspecified atom stereocenters. The molecule has 0 radical (unpaired) electrons. The summed E-state index contributed by atoms with van der Waals surface area (Å²) in [5, 5.41) is 2.87. The van der Waals surface area contributed by atoms with Crippen LogP contribution in [0.1, 0.15) is 31.3 Å². The van der Waals surface area contributed by atoms with Gasteiger partial charge in [0, 0.05) is 6.04 Å². The Morgan fingerprint density at radius 2 is 2.00 bits per heavy atom. The number of halogens is 1. The van der Waals surface area contributed by atoms with Gasteiger partial charge in [-0.2, -0.15) is 0 Å². The number of nitrogens with zero attached hydrogens (tertiary/aromatic N) is 1. The standard InChI is InChI=1S/C11H17N3O.ClH/c1-7(2)8(3)14-11(15)10-5-4-9(12)6-13-10;/h4-8H,12H2,1-3H3,(H,14,15);1H. The van der Waals surface area contributed by atoms with E-state index in [0.29, 0.717) is 17.3 Å². The maximum Gasteiger partial charge on any atom is 0.270 e. The summed E-state index contributed by atoms with van der Waals surface area (Å²) in [6, 6.07) is 3.43. The minimum Gasteiger partial charge on any atom is -0.397 e. The van der Waals surface area contributed by atoms with E-state index < -0.39 is 0 Å². The number of aromatic nitrogens is 1. The van der Waals surface area contributed by atoms with Gasteiger partial charge in [-0.05, 0) is 25.0 Å². The lowest BCUT2D eigenvalue weighted by atomic mass is 10.1. The van der Waals surface area contributed by atoms with Crippen LogP contribution < -0.4 is 11.1 Å². The van der Waals surface area contributed by atoms with Crippen LogP contribution in [0.2, 0.25) is 0 Å². The largest absolute Gasteiger partial charge is 0.397 e. The van der Waals surface area contributed by atoms with E-state index in [9.17, 15) is 4.79 Å². The van der Waals surface area contributed by atoms with Crippen molar-refractivity contribution >= 4 is 24.0 Å². The Morgan fingerprint density at radius 3 is 2.44 bits per heavy atom. The van der Waals surface area contributed by atoms with Crippen molar-refractivity contribution in [3.63, 3.8) is 0 Å². The Morgan fingerprint density at radius 1 is 1.38 bits per heavy atom. The van der Waals surface area contributed by atoms with Crippen molar-refractivity contribution in [2.45, 2.75) is 26.8 Å². The summed E-state index contributed by atoms with van der Waals surface area (Å²) in [4.78, 5) is 15.6. The molecule has 16 heavy (non-hydrogen) atoms. The van der Waals surface area contributed by atoms with Gasteiger partial charge in [-0.1, -0.05) is 13.8 Å². The number of nitrogen functional groups attached to an aromatic ring is 1. The van der Waals surface area contributed by atoms with Crippen molar-refractivity contribution in [3.05, 3.63) is 24.0 Å². The van der Waals surface area contributed by atoms with Crippen molar-refractivity contribution in [1.29, 1.82) is 0 Å². The highest BCUT2D eigenvalue weighted by Crippen LogP contribution is 2.04. The minimum atomic E-state index is -0.156. The zero-order valence-corrected chi connectivity index (χ0v) is 10.5. The van der Waals surface area contributed by atoms with Crippen molar-refractivity contribution in [1.82, 2.24) is 10.3 Å². The quantitative estimate of drug-likeness (QED) is 0.852. The first-order valence-corrected chi connectivity index (χ1v) is 5.03. The summed E-state index contributed by atoms with van der Waals surface area (Å²) in [6.45, 7) is 6.09. The first kappa shape index (κ1) is 14.7. The van der Waals surface area contributed by atoms with Gasteiger partial charge in [-0.15, -0.1) is 12.4 Å². The SMILES string of the molecule is CC(C)C(C)NC(=O)c1ccc(N)cn1.Cl. The molecular formula is C11H18ClN3O. The van der Waals surface area contributed by atoms with Crippen LogP contribution in [0.3, 0.4) is 0 Å². The monoisotopic (exact) mass is 243 g/mol. The van der Waals surface area contributed by atoms with Crippen molar-refractivity contribution in [2.75, 3.05) is 5.73 Å². The maximum absolute atomic E-state index is 11.7. The summed E-state index contributed by atoms with van der Waals surface area (Å²) in [6.07, 6.45) is 1.48. The minimum absolute atomic E-state index is 0. The van der Waals surface area contributed by atoms with Gasteiger partial charge < -0.3 is 11.1 Å². The first-order valence-electron chi connectivity index (χ1n) is 5.03. The van der Waals surface area contributed by atoms with E-state index in [1.807, 2.05) is 6.92 Å². The third kappa shape index (κ3) is 4.06. The number of nitrogens with two attached hydrogens (primary N) is 1. The number of carbonyl (C=O) groups excluding carboxylic acids is 1. The molecule has 5 heteroatoms. The van der Waals surface area contributed by atoms with Crippen LogP contribution >= 0.6 is 12.4 Å². The normalized spacial score (nSPS) is 11.8. The molecule has 4 nitrogen and oxygen atoms in total. The van der Waals surface area contributed by atoms with E-state index in [0.717, 1.165) is 0 Å². The van der Waals surface area contributed by atoms with Crippen molar-refractivity contribution < 1.29 is 4.79 Å². The summed E-state index contributed by atoms with van der Waals surface area (Å²) in [5.74, 6) is 0.249. The predicted octanol–water partition coefficient (Wildman–Crippen LogP) is 1.86. The highest BCUT2D eigenvalue weighted by atomic mass is 35.5. The molecule has 1 aromatic heterocycles. The van der Waals surface area contributed by atoms with Gasteiger partial charge in [0.1, 0.15) is 5.69 Å². The third-order valence-corrected chi connectivity index (χ3v) is 2.38. The maximum atomic E-state index is 11.7. The molecule has 0 bridgehead atoms. The van der Waals surface area contributed by atoms with Gasteiger partial charge in [-0.3, -0.25) is 4.79 Å². The molecule has 0 saturated heterocycles.